The molecule has 0 aliphatic carbocycles. The van der Waals surface area contributed by atoms with Crippen molar-refractivity contribution in [3.8, 4) is 0 Å². The third-order valence-corrected chi connectivity index (χ3v) is 15.6. The monoisotopic (exact) mass is 1090 g/mol. The minimum Gasteiger partial charge on any atom is -0.462 e. The van der Waals surface area contributed by atoms with Crippen LogP contribution < -0.4 is 0 Å². The van der Waals surface area contributed by atoms with E-state index in [2.05, 4.69) is 69.4 Å². The van der Waals surface area contributed by atoms with Crippen molar-refractivity contribution in [2.45, 2.75) is 380 Å². The average molecular weight is 1090 g/mol. The molecule has 0 radical (unpaired) electrons. The second kappa shape index (κ2) is 66.9. The third kappa shape index (κ3) is 64.2. The van der Waals surface area contributed by atoms with E-state index in [1.165, 1.54) is 257 Å². The second-order valence-electron chi connectivity index (χ2n) is 23.4. The summed E-state index contributed by atoms with van der Waals surface area (Å²) in [5.74, 6) is -0.863. The van der Waals surface area contributed by atoms with Gasteiger partial charge in [0.15, 0.2) is 6.10 Å². The van der Waals surface area contributed by atoms with Gasteiger partial charge in [-0.2, -0.15) is 0 Å². The molecule has 0 amide bonds. The summed E-state index contributed by atoms with van der Waals surface area (Å²) in [7, 11) is 0. The molecule has 0 saturated heterocycles. The predicted molar refractivity (Wildman–Crippen MR) is 339 cm³/mol. The lowest BCUT2D eigenvalue weighted by Gasteiger charge is -2.18. The molecule has 0 aliphatic heterocycles. The lowest BCUT2D eigenvalue weighted by molar-refractivity contribution is -0.167. The number of unbranched alkanes of at least 4 members (excludes halogenated alkanes) is 45. The van der Waals surface area contributed by atoms with E-state index in [1.807, 2.05) is 0 Å². The van der Waals surface area contributed by atoms with E-state index in [1.54, 1.807) is 0 Å². The first-order chi connectivity index (χ1) is 38.5. The van der Waals surface area contributed by atoms with E-state index in [0.717, 1.165) is 77.0 Å². The van der Waals surface area contributed by atoms with Crippen LogP contribution in [0.25, 0.3) is 0 Å². The number of allylic oxidation sites excluding steroid dienone is 8. The van der Waals surface area contributed by atoms with Crippen LogP contribution in [0.15, 0.2) is 48.6 Å². The first kappa shape index (κ1) is 75.4. The van der Waals surface area contributed by atoms with Gasteiger partial charge in [0, 0.05) is 19.3 Å². The van der Waals surface area contributed by atoms with Gasteiger partial charge >= 0.3 is 17.9 Å². The van der Waals surface area contributed by atoms with E-state index in [9.17, 15) is 14.4 Å². The Morgan fingerprint density at radius 2 is 0.462 bits per heavy atom. The van der Waals surface area contributed by atoms with Gasteiger partial charge in [-0.3, -0.25) is 14.4 Å². The average Bonchev–Trinajstić information content (AvgIpc) is 3.44. The smallest absolute Gasteiger partial charge is 0.306 e. The zero-order valence-corrected chi connectivity index (χ0v) is 52.5. The van der Waals surface area contributed by atoms with Crippen molar-refractivity contribution in [3.05, 3.63) is 48.6 Å². The maximum Gasteiger partial charge on any atom is 0.306 e. The van der Waals surface area contributed by atoms with Crippen LogP contribution in [0.5, 0.6) is 0 Å². The number of hydrogen-bond donors (Lipinski definition) is 0. The Hall–Kier alpha value is -2.63. The van der Waals surface area contributed by atoms with E-state index in [-0.39, 0.29) is 31.1 Å². The van der Waals surface area contributed by atoms with Gasteiger partial charge in [-0.1, -0.05) is 320 Å². The molecule has 0 aromatic heterocycles. The van der Waals surface area contributed by atoms with E-state index < -0.39 is 6.10 Å². The highest BCUT2D eigenvalue weighted by Gasteiger charge is 2.19. The quantitative estimate of drug-likeness (QED) is 0.0261. The molecule has 0 fully saturated rings. The SMILES string of the molecule is CCCCCCC/C=C\C/C=C\C/C=C\CCCCCCCCC(=O)OCC(COC(=O)CCCCCCCCCCC/C=C\CCCCCCCC)OC(=O)CCCCCCCCCCCCCCCCCCCCCC. The first-order valence-electron chi connectivity index (χ1n) is 34.6. The van der Waals surface area contributed by atoms with E-state index in [0.29, 0.717) is 19.3 Å². The van der Waals surface area contributed by atoms with Crippen LogP contribution in [0.3, 0.4) is 0 Å². The van der Waals surface area contributed by atoms with Gasteiger partial charge in [0.2, 0.25) is 0 Å². The highest BCUT2D eigenvalue weighted by molar-refractivity contribution is 5.71. The van der Waals surface area contributed by atoms with Gasteiger partial charge in [-0.05, 0) is 83.5 Å². The minimum atomic E-state index is -0.779. The fourth-order valence-electron chi connectivity index (χ4n) is 10.3. The van der Waals surface area contributed by atoms with Crippen molar-refractivity contribution in [2.24, 2.45) is 0 Å². The Labute approximate surface area is 486 Å². The van der Waals surface area contributed by atoms with Crippen LogP contribution in [-0.4, -0.2) is 37.2 Å². The molecular formula is C72H132O6. The number of rotatable bonds is 64. The van der Waals surface area contributed by atoms with Crippen LogP contribution in [0.4, 0.5) is 0 Å². The summed E-state index contributed by atoms with van der Waals surface area (Å²) >= 11 is 0. The van der Waals surface area contributed by atoms with E-state index >= 15 is 0 Å². The van der Waals surface area contributed by atoms with Crippen molar-refractivity contribution in [2.75, 3.05) is 13.2 Å². The number of hydrogen-bond acceptors (Lipinski definition) is 6. The van der Waals surface area contributed by atoms with Crippen LogP contribution in [0.1, 0.15) is 374 Å². The van der Waals surface area contributed by atoms with Gasteiger partial charge in [-0.15, -0.1) is 0 Å². The van der Waals surface area contributed by atoms with Gasteiger partial charge in [0.05, 0.1) is 0 Å². The van der Waals surface area contributed by atoms with Crippen molar-refractivity contribution in [1.29, 1.82) is 0 Å². The summed E-state index contributed by atoms with van der Waals surface area (Å²) in [4.78, 5) is 38.5. The molecule has 1 unspecified atom stereocenters. The minimum absolute atomic E-state index is 0.0745. The molecule has 456 valence electrons. The zero-order chi connectivity index (χ0) is 56.4. The fraction of sp³-hybridized carbons (Fsp3) is 0.847. The Morgan fingerprint density at radius 1 is 0.256 bits per heavy atom. The van der Waals surface area contributed by atoms with Crippen molar-refractivity contribution in [1.82, 2.24) is 0 Å². The van der Waals surface area contributed by atoms with Crippen LogP contribution in [0.2, 0.25) is 0 Å². The van der Waals surface area contributed by atoms with Gasteiger partial charge in [-0.25, -0.2) is 0 Å². The highest BCUT2D eigenvalue weighted by atomic mass is 16.6. The Morgan fingerprint density at radius 3 is 0.731 bits per heavy atom. The van der Waals surface area contributed by atoms with E-state index in [4.69, 9.17) is 14.2 Å². The molecule has 0 bridgehead atoms. The molecule has 0 aromatic carbocycles. The van der Waals surface area contributed by atoms with Crippen LogP contribution >= 0.6 is 0 Å². The molecule has 6 heteroatoms. The maximum absolute atomic E-state index is 13.0. The van der Waals surface area contributed by atoms with Crippen molar-refractivity contribution < 1.29 is 28.6 Å². The molecule has 6 nitrogen and oxygen atoms in total. The maximum atomic E-state index is 13.0. The highest BCUT2D eigenvalue weighted by Crippen LogP contribution is 2.18. The molecular weight excluding hydrogens is 961 g/mol. The summed E-state index contributed by atoms with van der Waals surface area (Å²) < 4.78 is 17.0. The number of esters is 3. The van der Waals surface area contributed by atoms with Crippen LogP contribution in [-0.2, 0) is 28.6 Å². The largest absolute Gasteiger partial charge is 0.462 e. The molecule has 0 spiro atoms. The Bertz CT molecular complexity index is 1350. The molecule has 0 saturated carbocycles. The summed E-state index contributed by atoms with van der Waals surface area (Å²) in [6.45, 7) is 6.68. The van der Waals surface area contributed by atoms with Crippen molar-refractivity contribution >= 4 is 17.9 Å². The van der Waals surface area contributed by atoms with Crippen molar-refractivity contribution in [3.63, 3.8) is 0 Å². The third-order valence-electron chi connectivity index (χ3n) is 15.6. The molecule has 1 atom stereocenters. The standard InChI is InChI=1S/C72H132O6/c1-4-7-10-13-16-19-22-25-28-31-34-36-39-41-44-47-50-53-56-59-62-65-71(74)77-68-69(67-76-70(73)64-61-58-55-52-49-46-43-40-37-33-30-27-24-21-18-15-12-9-6-3)78-72(75)66-63-60-57-54-51-48-45-42-38-35-32-29-26-23-20-17-14-11-8-5-2/h22,25,27,30-31,34,39,41,69H,4-21,23-24,26,28-29,32-33,35-38,40,42-68H2,1-3H3/b25-22-,30-27-,34-31-,41-39-. The molecule has 0 heterocycles. The Balaban J connectivity index is 4.36. The zero-order valence-electron chi connectivity index (χ0n) is 52.5. The summed E-state index contributed by atoms with van der Waals surface area (Å²) in [6, 6.07) is 0. The topological polar surface area (TPSA) is 78.9 Å². The number of carbonyl (C=O) groups excluding carboxylic acids is 3. The predicted octanol–water partition coefficient (Wildman–Crippen LogP) is 23.7. The summed E-state index contributed by atoms with van der Waals surface area (Å²) in [5.41, 5.74) is 0. The van der Waals surface area contributed by atoms with Crippen LogP contribution in [0, 0.1) is 0 Å². The molecule has 0 N–H and O–H groups in total. The molecule has 0 aliphatic rings. The lowest BCUT2D eigenvalue weighted by atomic mass is 10.0. The van der Waals surface area contributed by atoms with Gasteiger partial charge < -0.3 is 14.2 Å². The fourth-order valence-corrected chi connectivity index (χ4v) is 10.3. The van der Waals surface area contributed by atoms with Gasteiger partial charge in [0.1, 0.15) is 13.2 Å². The molecule has 0 aromatic rings. The summed E-state index contributed by atoms with van der Waals surface area (Å²) in [6.07, 6.45) is 84.1. The molecule has 0 rings (SSSR count). The van der Waals surface area contributed by atoms with Gasteiger partial charge in [0.25, 0.3) is 0 Å². The second-order valence-corrected chi connectivity index (χ2v) is 23.4. The number of carbonyl (C=O) groups is 3. The first-order valence-corrected chi connectivity index (χ1v) is 34.6. The Kier molecular flexibility index (Phi) is 64.6. The lowest BCUT2D eigenvalue weighted by Crippen LogP contribution is -2.30. The molecule has 78 heavy (non-hydrogen) atoms. The number of ether oxygens (including phenoxy) is 3. The summed E-state index contributed by atoms with van der Waals surface area (Å²) in [5, 5.41) is 0. The normalized spacial score (nSPS) is 12.3.